The summed E-state index contributed by atoms with van der Waals surface area (Å²) in [5, 5.41) is 2.99. The predicted molar refractivity (Wildman–Crippen MR) is 50.5 cm³/mol. The van der Waals surface area contributed by atoms with Gasteiger partial charge in [-0.05, 0) is 26.3 Å². The highest BCUT2D eigenvalue weighted by molar-refractivity contribution is 14.1. The fourth-order valence-electron chi connectivity index (χ4n) is 1.26. The number of nitrogens with one attached hydrogen (secondary N) is 1. The summed E-state index contributed by atoms with van der Waals surface area (Å²) in [5.74, 6) is 0. The Morgan fingerprint density at radius 3 is 2.90 bits per heavy atom. The molecule has 1 aliphatic carbocycles. The minimum atomic E-state index is 0.507. The molecule has 0 radical (unpaired) electrons. The third-order valence-corrected chi connectivity index (χ3v) is 3.24. The maximum absolute atomic E-state index is 5.55. The summed E-state index contributed by atoms with van der Waals surface area (Å²) in [4.78, 5) is 0. The van der Waals surface area contributed by atoms with Gasteiger partial charge in [0.15, 0.2) is 0 Å². The molecular weight excluding hydrogens is 241 g/mol. The van der Waals surface area contributed by atoms with Crippen molar-refractivity contribution >= 4 is 22.6 Å². The summed E-state index contributed by atoms with van der Waals surface area (Å²) < 4.78 is 6.29. The highest BCUT2D eigenvalue weighted by Crippen LogP contribution is 2.28. The molecule has 0 aliphatic heterocycles. The molecular formula is C7H14INO. The van der Waals surface area contributed by atoms with E-state index in [1.807, 2.05) is 7.05 Å². The third kappa shape index (κ3) is 2.36. The second kappa shape index (κ2) is 4.51. The summed E-state index contributed by atoms with van der Waals surface area (Å²) in [7, 11) is 1.91. The Morgan fingerprint density at radius 2 is 2.40 bits per heavy atom. The molecule has 0 aromatic rings. The molecule has 0 aromatic heterocycles. The molecule has 2 unspecified atom stereocenters. The lowest BCUT2D eigenvalue weighted by molar-refractivity contribution is 0.0546. The van der Waals surface area contributed by atoms with E-state index >= 15 is 0 Å². The zero-order valence-electron chi connectivity index (χ0n) is 6.27. The molecule has 0 spiro atoms. The van der Waals surface area contributed by atoms with Crippen LogP contribution in [0.1, 0.15) is 19.3 Å². The lowest BCUT2D eigenvalue weighted by Gasteiger charge is -2.14. The molecule has 0 saturated heterocycles. The van der Waals surface area contributed by atoms with Gasteiger partial charge in [-0.3, -0.25) is 5.32 Å². The first-order valence-electron chi connectivity index (χ1n) is 3.75. The Bertz CT molecular complexity index is 99.6. The average Bonchev–Trinajstić information content (AvgIpc) is 2.31. The Labute approximate surface area is 75.8 Å². The third-order valence-electron chi connectivity index (χ3n) is 1.81. The van der Waals surface area contributed by atoms with Crippen molar-refractivity contribution in [3.8, 4) is 0 Å². The van der Waals surface area contributed by atoms with Gasteiger partial charge in [0.2, 0.25) is 0 Å². The Morgan fingerprint density at radius 1 is 1.60 bits per heavy atom. The Kier molecular flexibility index (Phi) is 3.95. The van der Waals surface area contributed by atoms with E-state index in [4.69, 9.17) is 4.74 Å². The van der Waals surface area contributed by atoms with Crippen molar-refractivity contribution in [2.24, 2.45) is 0 Å². The zero-order chi connectivity index (χ0) is 7.40. The van der Waals surface area contributed by atoms with E-state index in [2.05, 4.69) is 27.9 Å². The Balaban J connectivity index is 2.14. The second-order valence-corrected chi connectivity index (χ2v) is 4.25. The maximum atomic E-state index is 5.55. The molecule has 60 valence electrons. The van der Waals surface area contributed by atoms with Crippen LogP contribution in [0.4, 0.5) is 0 Å². The first-order chi connectivity index (χ1) is 4.84. The quantitative estimate of drug-likeness (QED) is 0.469. The summed E-state index contributed by atoms with van der Waals surface area (Å²) >= 11 is 2.48. The van der Waals surface area contributed by atoms with E-state index in [9.17, 15) is 0 Å². The molecule has 0 bridgehead atoms. The number of halogens is 1. The van der Waals surface area contributed by atoms with E-state index in [-0.39, 0.29) is 0 Å². The van der Waals surface area contributed by atoms with Gasteiger partial charge in [0.1, 0.15) is 0 Å². The van der Waals surface area contributed by atoms with Crippen LogP contribution in [0.15, 0.2) is 0 Å². The minimum Gasteiger partial charge on any atom is -0.362 e. The fourth-order valence-corrected chi connectivity index (χ4v) is 2.27. The first kappa shape index (κ1) is 8.74. The lowest BCUT2D eigenvalue weighted by atomic mass is 10.3. The summed E-state index contributed by atoms with van der Waals surface area (Å²) in [6.07, 6.45) is 4.42. The average molecular weight is 255 g/mol. The molecule has 1 fully saturated rings. The van der Waals surface area contributed by atoms with E-state index in [0.29, 0.717) is 12.8 Å². The molecule has 1 saturated carbocycles. The topological polar surface area (TPSA) is 21.3 Å². The number of hydrogen-bond donors (Lipinski definition) is 1. The second-order valence-electron chi connectivity index (χ2n) is 2.65. The van der Waals surface area contributed by atoms with Crippen molar-refractivity contribution in [3.05, 3.63) is 0 Å². The molecule has 0 amide bonds. The van der Waals surface area contributed by atoms with Crippen molar-refractivity contribution in [3.63, 3.8) is 0 Å². The summed E-state index contributed by atoms with van der Waals surface area (Å²) in [5.41, 5.74) is 0. The van der Waals surface area contributed by atoms with Crippen LogP contribution in [0, 0.1) is 0 Å². The van der Waals surface area contributed by atoms with Gasteiger partial charge in [-0.2, -0.15) is 0 Å². The zero-order valence-corrected chi connectivity index (χ0v) is 8.43. The van der Waals surface area contributed by atoms with E-state index in [1.165, 1.54) is 19.3 Å². The van der Waals surface area contributed by atoms with Crippen LogP contribution in [0.5, 0.6) is 0 Å². The van der Waals surface area contributed by atoms with Gasteiger partial charge in [0, 0.05) is 3.92 Å². The van der Waals surface area contributed by atoms with Gasteiger partial charge in [-0.1, -0.05) is 22.6 Å². The predicted octanol–water partition coefficient (Wildman–Crippen LogP) is 1.54. The summed E-state index contributed by atoms with van der Waals surface area (Å²) in [6, 6.07) is 0. The van der Waals surface area contributed by atoms with Gasteiger partial charge in [0.05, 0.1) is 12.8 Å². The van der Waals surface area contributed by atoms with Gasteiger partial charge < -0.3 is 4.74 Å². The first-order valence-corrected chi connectivity index (χ1v) is 4.99. The highest BCUT2D eigenvalue weighted by Gasteiger charge is 2.24. The number of hydrogen-bond acceptors (Lipinski definition) is 2. The smallest absolute Gasteiger partial charge is 0.0967 e. The molecule has 1 aliphatic rings. The van der Waals surface area contributed by atoms with Crippen molar-refractivity contribution in [2.75, 3.05) is 13.8 Å². The molecule has 2 atom stereocenters. The van der Waals surface area contributed by atoms with Crippen LogP contribution < -0.4 is 5.32 Å². The SMILES string of the molecule is CNCOC1CCCC1I. The van der Waals surface area contributed by atoms with Crippen LogP contribution in [-0.2, 0) is 4.74 Å². The van der Waals surface area contributed by atoms with E-state index in [0.717, 1.165) is 3.92 Å². The normalized spacial score (nSPS) is 33.0. The Hall–Kier alpha value is 0.650. The van der Waals surface area contributed by atoms with Gasteiger partial charge in [-0.25, -0.2) is 0 Å². The minimum absolute atomic E-state index is 0.507. The van der Waals surface area contributed by atoms with E-state index < -0.39 is 0 Å². The lowest BCUT2D eigenvalue weighted by Crippen LogP contribution is -2.23. The molecule has 0 aromatic carbocycles. The van der Waals surface area contributed by atoms with Crippen molar-refractivity contribution in [1.29, 1.82) is 0 Å². The van der Waals surface area contributed by atoms with E-state index in [1.54, 1.807) is 0 Å². The maximum Gasteiger partial charge on any atom is 0.0967 e. The number of rotatable bonds is 3. The molecule has 0 heterocycles. The largest absolute Gasteiger partial charge is 0.362 e. The van der Waals surface area contributed by atoms with Crippen LogP contribution >= 0.6 is 22.6 Å². The number of ether oxygens (including phenoxy) is 1. The van der Waals surface area contributed by atoms with Crippen LogP contribution in [0.3, 0.4) is 0 Å². The standard InChI is InChI=1S/C7H14INO/c1-9-5-10-7-4-2-3-6(7)8/h6-7,9H,2-5H2,1H3. The van der Waals surface area contributed by atoms with Gasteiger partial charge >= 0.3 is 0 Å². The van der Waals surface area contributed by atoms with Crippen LogP contribution in [0.2, 0.25) is 0 Å². The molecule has 1 rings (SSSR count). The molecule has 2 nitrogen and oxygen atoms in total. The van der Waals surface area contributed by atoms with Gasteiger partial charge in [0.25, 0.3) is 0 Å². The van der Waals surface area contributed by atoms with Crippen molar-refractivity contribution in [2.45, 2.75) is 29.3 Å². The van der Waals surface area contributed by atoms with Gasteiger partial charge in [-0.15, -0.1) is 0 Å². The molecule has 1 N–H and O–H groups in total. The molecule has 3 heteroatoms. The fraction of sp³-hybridized carbons (Fsp3) is 1.00. The molecule has 10 heavy (non-hydrogen) atoms. The monoisotopic (exact) mass is 255 g/mol. The van der Waals surface area contributed by atoms with Crippen LogP contribution in [0.25, 0.3) is 0 Å². The van der Waals surface area contributed by atoms with Crippen molar-refractivity contribution < 1.29 is 4.74 Å². The van der Waals surface area contributed by atoms with Crippen LogP contribution in [-0.4, -0.2) is 23.8 Å². The highest BCUT2D eigenvalue weighted by atomic mass is 127. The summed E-state index contributed by atoms with van der Waals surface area (Å²) in [6.45, 7) is 0.699. The van der Waals surface area contributed by atoms with Crippen molar-refractivity contribution in [1.82, 2.24) is 5.32 Å². The number of alkyl halides is 1.